The number of hydrogen-bond donors (Lipinski definition) is 0. The molecule has 0 saturated carbocycles. The predicted octanol–water partition coefficient (Wildman–Crippen LogP) is 7.22. The Morgan fingerprint density at radius 2 is 0.944 bits per heavy atom. The normalized spacial score (nSPS) is 11.9. The van der Waals surface area contributed by atoms with Crippen LogP contribution >= 0.6 is 0 Å². The highest BCUT2D eigenvalue weighted by Crippen LogP contribution is 2.41. The lowest BCUT2D eigenvalue weighted by atomic mass is 9.99. The molecule has 0 aliphatic carbocycles. The van der Waals surface area contributed by atoms with Crippen LogP contribution in [0.2, 0.25) is 0 Å². The van der Waals surface area contributed by atoms with Crippen molar-refractivity contribution in [1.29, 1.82) is 0 Å². The third kappa shape index (κ3) is 2.51. The smallest absolute Gasteiger partial charge is 0.237 e. The second kappa shape index (κ2) is 7.23. The molecule has 0 N–H and O–H groups in total. The molecule has 0 unspecified atom stereocenters. The van der Waals surface area contributed by atoms with Gasteiger partial charge in [-0.15, -0.1) is 0 Å². The van der Waals surface area contributed by atoms with Crippen LogP contribution in [-0.2, 0) is 0 Å². The average molecular weight is 462 g/mol. The highest BCUT2D eigenvalue weighted by atomic mass is 15.2. The topological polar surface area (TPSA) is 48.5 Å². The van der Waals surface area contributed by atoms with Gasteiger partial charge in [0.2, 0.25) is 5.95 Å². The molecular formula is C31H19N5. The summed E-state index contributed by atoms with van der Waals surface area (Å²) >= 11 is 0. The molecular weight excluding hydrogens is 442 g/mol. The number of aromatic nitrogens is 5. The summed E-state index contributed by atoms with van der Waals surface area (Å²) in [4.78, 5) is 13.0. The van der Waals surface area contributed by atoms with E-state index in [0.29, 0.717) is 5.95 Å². The first kappa shape index (κ1) is 19.3. The zero-order chi connectivity index (χ0) is 23.6. The molecule has 0 radical (unpaired) electrons. The maximum atomic E-state index is 4.47. The summed E-state index contributed by atoms with van der Waals surface area (Å²) in [6.45, 7) is 0. The Bertz CT molecular complexity index is 1930. The van der Waals surface area contributed by atoms with E-state index in [0.717, 1.165) is 16.7 Å². The maximum absolute atomic E-state index is 4.47. The minimum Gasteiger partial charge on any atom is -0.309 e. The van der Waals surface area contributed by atoms with Crippen LogP contribution in [0.15, 0.2) is 116 Å². The zero-order valence-electron chi connectivity index (χ0n) is 19.2. The van der Waals surface area contributed by atoms with Gasteiger partial charge in [0.05, 0.1) is 22.1 Å². The number of rotatable bonds is 2. The Labute approximate surface area is 205 Å². The van der Waals surface area contributed by atoms with Crippen molar-refractivity contribution in [2.75, 3.05) is 0 Å². The Morgan fingerprint density at radius 1 is 0.417 bits per heavy atom. The lowest BCUT2D eigenvalue weighted by molar-refractivity contribution is 0.940. The lowest BCUT2D eigenvalue weighted by Gasteiger charge is -2.09. The van der Waals surface area contributed by atoms with Crippen LogP contribution in [0.25, 0.3) is 66.0 Å². The molecule has 168 valence electrons. The van der Waals surface area contributed by atoms with E-state index in [-0.39, 0.29) is 0 Å². The summed E-state index contributed by atoms with van der Waals surface area (Å²) in [5.41, 5.74) is 5.74. The Balaban J connectivity index is 1.57. The second-order valence-corrected chi connectivity index (χ2v) is 8.99. The van der Waals surface area contributed by atoms with Gasteiger partial charge in [-0.1, -0.05) is 66.7 Å². The Kier molecular flexibility index (Phi) is 3.88. The van der Waals surface area contributed by atoms with Gasteiger partial charge in [-0.25, -0.2) is 15.0 Å². The number of nitrogens with zero attached hydrogens (tertiary/aromatic N) is 5. The van der Waals surface area contributed by atoms with E-state index in [4.69, 9.17) is 0 Å². The molecule has 0 aliphatic rings. The van der Waals surface area contributed by atoms with Gasteiger partial charge >= 0.3 is 0 Å². The molecule has 5 nitrogen and oxygen atoms in total. The second-order valence-electron chi connectivity index (χ2n) is 8.99. The summed E-state index contributed by atoms with van der Waals surface area (Å²) in [5, 5.41) is 7.38. The van der Waals surface area contributed by atoms with Gasteiger partial charge in [-0.2, -0.15) is 0 Å². The molecule has 5 heteroatoms. The van der Waals surface area contributed by atoms with Gasteiger partial charge < -0.3 is 4.57 Å². The van der Waals surface area contributed by atoms with E-state index in [1.807, 2.05) is 0 Å². The Hall–Kier alpha value is -5.03. The first-order valence-corrected chi connectivity index (χ1v) is 12.0. The summed E-state index contributed by atoms with van der Waals surface area (Å²) in [6.07, 6.45) is 3.10. The fraction of sp³-hybridized carbons (Fsp3) is 0. The van der Waals surface area contributed by atoms with E-state index in [1.54, 1.807) is 12.7 Å². The van der Waals surface area contributed by atoms with E-state index in [9.17, 15) is 0 Å². The van der Waals surface area contributed by atoms with Crippen LogP contribution in [0.4, 0.5) is 0 Å². The van der Waals surface area contributed by atoms with Crippen molar-refractivity contribution in [2.24, 2.45) is 0 Å². The van der Waals surface area contributed by atoms with Gasteiger partial charge in [-0.05, 0) is 47.2 Å². The number of fused-ring (bicyclic) bond motifs is 9. The summed E-state index contributed by atoms with van der Waals surface area (Å²) < 4.78 is 4.49. The number of hydrogen-bond acceptors (Lipinski definition) is 3. The SMILES string of the molecule is c1ccc(-n2c3ccccc3c3c4ccc5c(c4ccc32)c2ccccc2n5-c2ncncn2)cc1. The highest BCUT2D eigenvalue weighted by molar-refractivity contribution is 6.29. The third-order valence-electron chi connectivity index (χ3n) is 7.16. The van der Waals surface area contributed by atoms with Gasteiger partial charge in [0.1, 0.15) is 12.7 Å². The molecule has 0 spiro atoms. The van der Waals surface area contributed by atoms with Crippen molar-refractivity contribution < 1.29 is 0 Å². The van der Waals surface area contributed by atoms with E-state index in [2.05, 4.69) is 127 Å². The summed E-state index contributed by atoms with van der Waals surface area (Å²) in [5.74, 6) is 0.623. The van der Waals surface area contributed by atoms with Crippen molar-refractivity contribution in [3.8, 4) is 11.6 Å². The molecule has 0 aliphatic heterocycles. The monoisotopic (exact) mass is 461 g/mol. The number of benzene rings is 5. The maximum Gasteiger partial charge on any atom is 0.237 e. The first-order valence-electron chi connectivity index (χ1n) is 12.0. The standard InChI is InChI=1S/C31H19N5/c1-2-8-20(9-3-1)35-25-12-6-4-10-23(25)29-21-15-17-28-30(22(21)14-16-27(29)35)24-11-5-7-13-26(24)36(28)31-33-18-32-19-34-31/h1-19H. The van der Waals surface area contributed by atoms with Crippen molar-refractivity contribution >= 4 is 54.4 Å². The fourth-order valence-corrected chi connectivity index (χ4v) is 5.76. The molecule has 0 amide bonds. The third-order valence-corrected chi connectivity index (χ3v) is 7.16. The van der Waals surface area contributed by atoms with Gasteiger partial charge in [0.25, 0.3) is 0 Å². The molecule has 3 heterocycles. The van der Waals surface area contributed by atoms with Gasteiger partial charge in [0.15, 0.2) is 0 Å². The number of para-hydroxylation sites is 3. The van der Waals surface area contributed by atoms with Crippen LogP contribution in [0.3, 0.4) is 0 Å². The Morgan fingerprint density at radius 3 is 1.58 bits per heavy atom. The molecule has 3 aromatic heterocycles. The minimum atomic E-state index is 0.623. The van der Waals surface area contributed by atoms with Crippen molar-refractivity contribution in [2.45, 2.75) is 0 Å². The molecule has 0 bridgehead atoms. The fourth-order valence-electron chi connectivity index (χ4n) is 5.76. The van der Waals surface area contributed by atoms with Crippen LogP contribution in [0.1, 0.15) is 0 Å². The molecule has 0 saturated heterocycles. The van der Waals surface area contributed by atoms with Crippen molar-refractivity contribution in [3.63, 3.8) is 0 Å². The summed E-state index contributed by atoms with van der Waals surface area (Å²) in [7, 11) is 0. The van der Waals surface area contributed by atoms with Crippen LogP contribution < -0.4 is 0 Å². The van der Waals surface area contributed by atoms with E-state index in [1.165, 1.54) is 43.4 Å². The zero-order valence-corrected chi connectivity index (χ0v) is 19.2. The highest BCUT2D eigenvalue weighted by Gasteiger charge is 2.19. The predicted molar refractivity (Wildman–Crippen MR) is 146 cm³/mol. The molecule has 8 rings (SSSR count). The van der Waals surface area contributed by atoms with Gasteiger partial charge in [-0.3, -0.25) is 4.57 Å². The average Bonchev–Trinajstić information content (AvgIpc) is 3.47. The molecule has 5 aromatic carbocycles. The van der Waals surface area contributed by atoms with E-state index < -0.39 is 0 Å². The van der Waals surface area contributed by atoms with Crippen molar-refractivity contribution in [1.82, 2.24) is 24.1 Å². The largest absolute Gasteiger partial charge is 0.309 e. The van der Waals surface area contributed by atoms with E-state index >= 15 is 0 Å². The van der Waals surface area contributed by atoms with Crippen molar-refractivity contribution in [3.05, 3.63) is 116 Å². The summed E-state index contributed by atoms with van der Waals surface area (Å²) in [6, 6.07) is 36.7. The molecule has 36 heavy (non-hydrogen) atoms. The minimum absolute atomic E-state index is 0.623. The lowest BCUT2D eigenvalue weighted by Crippen LogP contribution is -2.00. The van der Waals surface area contributed by atoms with Crippen LogP contribution in [-0.4, -0.2) is 24.1 Å². The quantitative estimate of drug-likeness (QED) is 0.273. The van der Waals surface area contributed by atoms with Crippen LogP contribution in [0, 0.1) is 0 Å². The molecule has 8 aromatic rings. The van der Waals surface area contributed by atoms with Gasteiger partial charge in [0, 0.05) is 27.2 Å². The first-order chi connectivity index (χ1) is 17.9. The van der Waals surface area contributed by atoms with Crippen LogP contribution in [0.5, 0.6) is 0 Å². The molecule has 0 fully saturated rings. The molecule has 0 atom stereocenters.